The topological polar surface area (TPSA) is 47.3 Å². The maximum Gasteiger partial charge on any atom is 0.0597 e. The van der Waals surface area contributed by atoms with Crippen molar-refractivity contribution in [2.45, 2.75) is 78.0 Å². The fourth-order valence-electron chi connectivity index (χ4n) is 4.65. The van der Waals surface area contributed by atoms with Gasteiger partial charge in [0.05, 0.1) is 12.2 Å². The minimum atomic E-state index is 0.325. The van der Waals surface area contributed by atoms with Crippen molar-refractivity contribution in [2.24, 2.45) is 29.5 Å². The molecule has 0 aromatic heterocycles. The Morgan fingerprint density at radius 1 is 1.16 bits per heavy atom. The molecule has 7 unspecified atom stereocenters. The smallest absolute Gasteiger partial charge is 0.0597 e. The fourth-order valence-corrected chi connectivity index (χ4v) is 4.65. The highest BCUT2D eigenvalue weighted by atomic mass is 16.5. The SMILES string of the molecule is CCC1CCCCC1C(NN)C1C(C)OC(C)C1C. The monoisotopic (exact) mass is 268 g/mol. The first-order valence-corrected chi connectivity index (χ1v) is 8.21. The molecule has 2 aliphatic rings. The van der Waals surface area contributed by atoms with Gasteiger partial charge in [0.15, 0.2) is 0 Å². The van der Waals surface area contributed by atoms with Gasteiger partial charge in [0.2, 0.25) is 0 Å². The quantitative estimate of drug-likeness (QED) is 0.608. The highest BCUT2D eigenvalue weighted by molar-refractivity contribution is 4.96. The first-order chi connectivity index (χ1) is 9.10. The van der Waals surface area contributed by atoms with Crippen LogP contribution in [0.5, 0.6) is 0 Å². The number of nitrogens with two attached hydrogens (primary N) is 1. The molecule has 1 aliphatic carbocycles. The Morgan fingerprint density at radius 3 is 2.37 bits per heavy atom. The molecular weight excluding hydrogens is 236 g/mol. The third kappa shape index (κ3) is 2.98. The van der Waals surface area contributed by atoms with Crippen molar-refractivity contribution in [3.05, 3.63) is 0 Å². The predicted molar refractivity (Wildman–Crippen MR) is 79.5 cm³/mol. The molecule has 112 valence electrons. The Hall–Kier alpha value is -0.120. The molecular formula is C16H32N2O. The number of hydrazine groups is 1. The standard InChI is InChI=1S/C16H32N2O/c1-5-13-8-6-7-9-14(13)16(18-17)15-10(2)11(3)19-12(15)4/h10-16,18H,5-9,17H2,1-4H3. The largest absolute Gasteiger partial charge is 0.375 e. The van der Waals surface area contributed by atoms with Crippen molar-refractivity contribution in [2.75, 3.05) is 0 Å². The van der Waals surface area contributed by atoms with Crippen LogP contribution in [-0.4, -0.2) is 18.2 Å². The van der Waals surface area contributed by atoms with Gasteiger partial charge < -0.3 is 4.74 Å². The van der Waals surface area contributed by atoms with Crippen molar-refractivity contribution >= 4 is 0 Å². The molecule has 0 aromatic carbocycles. The van der Waals surface area contributed by atoms with E-state index in [0.717, 1.165) is 11.8 Å². The summed E-state index contributed by atoms with van der Waals surface area (Å²) in [5, 5.41) is 0. The van der Waals surface area contributed by atoms with Crippen LogP contribution in [0.2, 0.25) is 0 Å². The lowest BCUT2D eigenvalue weighted by Crippen LogP contribution is -2.52. The average Bonchev–Trinajstić information content (AvgIpc) is 2.67. The van der Waals surface area contributed by atoms with Gasteiger partial charge in [-0.25, -0.2) is 0 Å². The zero-order valence-corrected chi connectivity index (χ0v) is 13.1. The molecule has 0 spiro atoms. The third-order valence-corrected chi connectivity index (χ3v) is 5.88. The van der Waals surface area contributed by atoms with E-state index in [0.29, 0.717) is 30.1 Å². The Balaban J connectivity index is 2.14. The molecule has 2 rings (SSSR count). The number of hydrogen-bond acceptors (Lipinski definition) is 3. The van der Waals surface area contributed by atoms with Gasteiger partial charge >= 0.3 is 0 Å². The Kier molecular flexibility index (Phi) is 5.27. The van der Waals surface area contributed by atoms with Crippen LogP contribution in [0, 0.1) is 23.7 Å². The summed E-state index contributed by atoms with van der Waals surface area (Å²) in [5.74, 6) is 8.68. The maximum absolute atomic E-state index is 6.03. The molecule has 0 aromatic rings. The fraction of sp³-hybridized carbons (Fsp3) is 1.00. The van der Waals surface area contributed by atoms with E-state index >= 15 is 0 Å². The van der Waals surface area contributed by atoms with Crippen LogP contribution in [0.1, 0.15) is 59.8 Å². The number of rotatable bonds is 4. The molecule has 1 saturated heterocycles. The maximum atomic E-state index is 6.03. The second kappa shape index (κ2) is 6.55. The second-order valence-electron chi connectivity index (χ2n) is 6.79. The summed E-state index contributed by atoms with van der Waals surface area (Å²) in [6, 6.07) is 0.417. The zero-order valence-electron chi connectivity index (χ0n) is 13.1. The molecule has 19 heavy (non-hydrogen) atoms. The zero-order chi connectivity index (χ0) is 14.0. The summed E-state index contributed by atoms with van der Waals surface area (Å²) < 4.78 is 6.03. The minimum absolute atomic E-state index is 0.325. The van der Waals surface area contributed by atoms with Crippen molar-refractivity contribution in [3.8, 4) is 0 Å². The Labute approximate surface area is 118 Å². The lowest BCUT2D eigenvalue weighted by atomic mass is 9.68. The molecule has 7 atom stereocenters. The van der Waals surface area contributed by atoms with E-state index in [1.807, 2.05) is 0 Å². The predicted octanol–water partition coefficient (Wildman–Crippen LogP) is 3.09. The lowest BCUT2D eigenvalue weighted by Gasteiger charge is -2.41. The van der Waals surface area contributed by atoms with Crippen molar-refractivity contribution < 1.29 is 4.74 Å². The summed E-state index contributed by atoms with van der Waals surface area (Å²) in [6.07, 6.45) is 7.45. The molecule has 3 nitrogen and oxygen atoms in total. The van der Waals surface area contributed by atoms with Gasteiger partial charge in [-0.05, 0) is 38.0 Å². The van der Waals surface area contributed by atoms with E-state index in [-0.39, 0.29) is 0 Å². The van der Waals surface area contributed by atoms with E-state index in [4.69, 9.17) is 10.6 Å². The van der Waals surface area contributed by atoms with Crippen LogP contribution in [-0.2, 0) is 4.74 Å². The third-order valence-electron chi connectivity index (χ3n) is 5.88. The van der Waals surface area contributed by atoms with E-state index in [9.17, 15) is 0 Å². The Morgan fingerprint density at radius 2 is 1.84 bits per heavy atom. The highest BCUT2D eigenvalue weighted by Crippen LogP contribution is 2.42. The van der Waals surface area contributed by atoms with Crippen LogP contribution in [0.3, 0.4) is 0 Å². The molecule has 1 heterocycles. The van der Waals surface area contributed by atoms with E-state index in [1.165, 1.54) is 32.1 Å². The second-order valence-corrected chi connectivity index (χ2v) is 6.79. The first kappa shape index (κ1) is 15.3. The molecule has 1 saturated carbocycles. The highest BCUT2D eigenvalue weighted by Gasteiger charge is 2.45. The molecule has 1 aliphatic heterocycles. The summed E-state index contributed by atoms with van der Waals surface area (Å²) in [6.45, 7) is 9.08. The van der Waals surface area contributed by atoms with Crippen LogP contribution in [0.4, 0.5) is 0 Å². The van der Waals surface area contributed by atoms with Gasteiger partial charge in [-0.1, -0.05) is 39.5 Å². The molecule has 0 amide bonds. The van der Waals surface area contributed by atoms with Gasteiger partial charge in [0.1, 0.15) is 0 Å². The van der Waals surface area contributed by atoms with Crippen LogP contribution >= 0.6 is 0 Å². The molecule has 3 N–H and O–H groups in total. The van der Waals surface area contributed by atoms with Gasteiger partial charge in [-0.2, -0.15) is 0 Å². The number of nitrogens with one attached hydrogen (secondary N) is 1. The van der Waals surface area contributed by atoms with Crippen LogP contribution in [0.25, 0.3) is 0 Å². The first-order valence-electron chi connectivity index (χ1n) is 8.21. The van der Waals surface area contributed by atoms with Gasteiger partial charge in [-0.15, -0.1) is 0 Å². The van der Waals surface area contributed by atoms with Gasteiger partial charge in [-0.3, -0.25) is 11.3 Å². The van der Waals surface area contributed by atoms with Crippen molar-refractivity contribution in [1.82, 2.24) is 5.43 Å². The minimum Gasteiger partial charge on any atom is -0.375 e. The normalized spacial score (nSPS) is 45.3. The number of ether oxygens (including phenoxy) is 1. The Bertz CT molecular complexity index is 284. The van der Waals surface area contributed by atoms with Crippen molar-refractivity contribution in [1.29, 1.82) is 0 Å². The average molecular weight is 268 g/mol. The summed E-state index contributed by atoms with van der Waals surface area (Å²) in [5.41, 5.74) is 3.18. The molecule has 2 fully saturated rings. The summed E-state index contributed by atoms with van der Waals surface area (Å²) in [4.78, 5) is 0. The van der Waals surface area contributed by atoms with Gasteiger partial charge in [0.25, 0.3) is 0 Å². The number of hydrogen-bond donors (Lipinski definition) is 2. The van der Waals surface area contributed by atoms with E-state index in [2.05, 4.69) is 33.1 Å². The summed E-state index contributed by atoms with van der Waals surface area (Å²) in [7, 11) is 0. The molecule has 3 heteroatoms. The lowest BCUT2D eigenvalue weighted by molar-refractivity contribution is 0.0381. The summed E-state index contributed by atoms with van der Waals surface area (Å²) >= 11 is 0. The molecule has 0 bridgehead atoms. The van der Waals surface area contributed by atoms with E-state index in [1.54, 1.807) is 0 Å². The molecule has 0 radical (unpaired) electrons. The van der Waals surface area contributed by atoms with Crippen molar-refractivity contribution in [3.63, 3.8) is 0 Å². The van der Waals surface area contributed by atoms with E-state index < -0.39 is 0 Å². The van der Waals surface area contributed by atoms with Crippen LogP contribution in [0.15, 0.2) is 0 Å². The van der Waals surface area contributed by atoms with Crippen LogP contribution < -0.4 is 11.3 Å². The van der Waals surface area contributed by atoms with Gasteiger partial charge in [0, 0.05) is 12.0 Å².